The van der Waals surface area contributed by atoms with E-state index in [0.717, 1.165) is 24.8 Å². The lowest BCUT2D eigenvalue weighted by Gasteiger charge is -2.18. The van der Waals surface area contributed by atoms with Gasteiger partial charge in [0.15, 0.2) is 0 Å². The number of aliphatic hydroxyl groups is 2. The standard InChI is InChI=1S/C14H18O2/c15-13-8-4-7-12(13)14(16)10-9-11-5-2-1-3-6-11/h1-3,5-6,9-10,12-16H,4,7-8H2/b10-9+/t12-,13+,14+/m0/s1. The van der Waals surface area contributed by atoms with E-state index in [2.05, 4.69) is 0 Å². The van der Waals surface area contributed by atoms with Crippen molar-refractivity contribution in [3.63, 3.8) is 0 Å². The van der Waals surface area contributed by atoms with Crippen LogP contribution in [-0.4, -0.2) is 22.4 Å². The zero-order valence-corrected chi connectivity index (χ0v) is 9.29. The SMILES string of the molecule is O[C@H](/C=C/c1ccccc1)[C@H]1CCC[C@H]1O. The molecule has 86 valence electrons. The fraction of sp³-hybridized carbons (Fsp3) is 0.429. The molecule has 0 amide bonds. The molecule has 1 aliphatic rings. The predicted molar refractivity (Wildman–Crippen MR) is 64.8 cm³/mol. The van der Waals surface area contributed by atoms with E-state index in [-0.39, 0.29) is 12.0 Å². The van der Waals surface area contributed by atoms with Gasteiger partial charge in [-0.25, -0.2) is 0 Å². The molecule has 0 bridgehead atoms. The minimum Gasteiger partial charge on any atom is -0.393 e. The first kappa shape index (κ1) is 11.4. The van der Waals surface area contributed by atoms with Crippen LogP contribution in [0.4, 0.5) is 0 Å². The highest BCUT2D eigenvalue weighted by molar-refractivity contribution is 5.49. The van der Waals surface area contributed by atoms with E-state index in [9.17, 15) is 10.2 Å². The Bertz CT molecular complexity index is 345. The molecule has 0 aliphatic heterocycles. The Hall–Kier alpha value is -1.12. The lowest BCUT2D eigenvalue weighted by atomic mass is 9.98. The van der Waals surface area contributed by atoms with Crippen LogP contribution in [0, 0.1) is 5.92 Å². The first-order valence-corrected chi connectivity index (χ1v) is 5.87. The maximum absolute atomic E-state index is 9.93. The molecule has 1 saturated carbocycles. The molecule has 16 heavy (non-hydrogen) atoms. The van der Waals surface area contributed by atoms with E-state index >= 15 is 0 Å². The van der Waals surface area contributed by atoms with Crippen molar-refractivity contribution in [2.75, 3.05) is 0 Å². The third-order valence-corrected chi connectivity index (χ3v) is 3.26. The third kappa shape index (κ3) is 2.71. The Morgan fingerprint density at radius 2 is 1.94 bits per heavy atom. The molecule has 0 unspecified atom stereocenters. The molecule has 2 nitrogen and oxygen atoms in total. The molecule has 2 heteroatoms. The van der Waals surface area contributed by atoms with Gasteiger partial charge in [-0.05, 0) is 18.4 Å². The van der Waals surface area contributed by atoms with Gasteiger partial charge in [-0.15, -0.1) is 0 Å². The van der Waals surface area contributed by atoms with Gasteiger partial charge in [0, 0.05) is 5.92 Å². The van der Waals surface area contributed by atoms with Crippen LogP contribution >= 0.6 is 0 Å². The molecule has 0 radical (unpaired) electrons. The van der Waals surface area contributed by atoms with Crippen molar-refractivity contribution >= 4 is 6.08 Å². The summed E-state index contributed by atoms with van der Waals surface area (Å²) in [4.78, 5) is 0. The van der Waals surface area contributed by atoms with Crippen LogP contribution < -0.4 is 0 Å². The monoisotopic (exact) mass is 218 g/mol. The van der Waals surface area contributed by atoms with E-state index in [1.165, 1.54) is 0 Å². The maximum atomic E-state index is 9.93. The van der Waals surface area contributed by atoms with Crippen molar-refractivity contribution in [1.29, 1.82) is 0 Å². The Morgan fingerprint density at radius 3 is 2.56 bits per heavy atom. The van der Waals surface area contributed by atoms with Gasteiger partial charge < -0.3 is 10.2 Å². The van der Waals surface area contributed by atoms with Crippen LogP contribution in [0.1, 0.15) is 24.8 Å². The highest BCUT2D eigenvalue weighted by Crippen LogP contribution is 2.29. The van der Waals surface area contributed by atoms with Gasteiger partial charge in [0.05, 0.1) is 12.2 Å². The topological polar surface area (TPSA) is 40.5 Å². The van der Waals surface area contributed by atoms with Crippen molar-refractivity contribution in [2.24, 2.45) is 5.92 Å². The highest BCUT2D eigenvalue weighted by Gasteiger charge is 2.29. The van der Waals surface area contributed by atoms with Crippen LogP contribution in [0.3, 0.4) is 0 Å². The second-order valence-electron chi connectivity index (χ2n) is 4.42. The lowest BCUT2D eigenvalue weighted by Crippen LogP contribution is -2.25. The van der Waals surface area contributed by atoms with E-state index in [4.69, 9.17) is 0 Å². The third-order valence-electron chi connectivity index (χ3n) is 3.26. The molecule has 1 fully saturated rings. The van der Waals surface area contributed by atoms with Crippen molar-refractivity contribution in [3.8, 4) is 0 Å². The van der Waals surface area contributed by atoms with Crippen molar-refractivity contribution in [3.05, 3.63) is 42.0 Å². The predicted octanol–water partition coefficient (Wildman–Crippen LogP) is 2.22. The summed E-state index contributed by atoms with van der Waals surface area (Å²) in [7, 11) is 0. The molecule has 1 aromatic rings. The lowest BCUT2D eigenvalue weighted by molar-refractivity contribution is 0.0569. The largest absolute Gasteiger partial charge is 0.393 e. The quantitative estimate of drug-likeness (QED) is 0.816. The van der Waals surface area contributed by atoms with Gasteiger partial charge in [-0.3, -0.25) is 0 Å². The van der Waals surface area contributed by atoms with Crippen molar-refractivity contribution < 1.29 is 10.2 Å². The number of hydrogen-bond donors (Lipinski definition) is 2. The van der Waals surface area contributed by atoms with Crippen LogP contribution in [0.15, 0.2) is 36.4 Å². The van der Waals surface area contributed by atoms with E-state index in [1.807, 2.05) is 36.4 Å². The average Bonchev–Trinajstić information content (AvgIpc) is 2.74. The Kier molecular flexibility index (Phi) is 3.75. The number of hydrogen-bond acceptors (Lipinski definition) is 2. The van der Waals surface area contributed by atoms with Gasteiger partial charge in [0.25, 0.3) is 0 Å². The molecule has 0 aromatic heterocycles. The van der Waals surface area contributed by atoms with E-state index in [1.54, 1.807) is 6.08 Å². The maximum Gasteiger partial charge on any atom is 0.0776 e. The van der Waals surface area contributed by atoms with Crippen LogP contribution in [0.2, 0.25) is 0 Å². The second kappa shape index (κ2) is 5.28. The summed E-state index contributed by atoms with van der Waals surface area (Å²) in [6, 6.07) is 9.89. The van der Waals surface area contributed by atoms with Gasteiger partial charge in [0.2, 0.25) is 0 Å². The van der Waals surface area contributed by atoms with Crippen LogP contribution in [0.5, 0.6) is 0 Å². The molecule has 0 spiro atoms. The average molecular weight is 218 g/mol. The summed E-state index contributed by atoms with van der Waals surface area (Å²) in [5.74, 6) is 0.0139. The van der Waals surface area contributed by atoms with E-state index in [0.29, 0.717) is 0 Å². The summed E-state index contributed by atoms with van der Waals surface area (Å²) in [5.41, 5.74) is 1.08. The molecule has 3 atom stereocenters. The summed E-state index contributed by atoms with van der Waals surface area (Å²) in [5, 5.41) is 19.6. The van der Waals surface area contributed by atoms with Crippen LogP contribution in [-0.2, 0) is 0 Å². The first-order valence-electron chi connectivity index (χ1n) is 5.87. The highest BCUT2D eigenvalue weighted by atomic mass is 16.3. The summed E-state index contributed by atoms with van der Waals surface area (Å²) in [6.07, 6.45) is 5.59. The van der Waals surface area contributed by atoms with E-state index < -0.39 is 6.10 Å². The summed E-state index contributed by atoms with van der Waals surface area (Å²) < 4.78 is 0. The number of benzene rings is 1. The van der Waals surface area contributed by atoms with Crippen molar-refractivity contribution in [1.82, 2.24) is 0 Å². The van der Waals surface area contributed by atoms with Gasteiger partial charge >= 0.3 is 0 Å². The van der Waals surface area contributed by atoms with Gasteiger partial charge in [0.1, 0.15) is 0 Å². The Morgan fingerprint density at radius 1 is 1.19 bits per heavy atom. The van der Waals surface area contributed by atoms with Crippen LogP contribution in [0.25, 0.3) is 6.08 Å². The molecule has 0 saturated heterocycles. The first-order chi connectivity index (χ1) is 7.77. The fourth-order valence-electron chi connectivity index (χ4n) is 2.28. The Balaban J connectivity index is 1.96. The van der Waals surface area contributed by atoms with Crippen molar-refractivity contribution in [2.45, 2.75) is 31.5 Å². The molecular formula is C14H18O2. The number of rotatable bonds is 3. The molecule has 0 heterocycles. The molecular weight excluding hydrogens is 200 g/mol. The molecule has 1 aromatic carbocycles. The Labute approximate surface area is 96.2 Å². The molecule has 2 N–H and O–H groups in total. The fourth-order valence-corrected chi connectivity index (χ4v) is 2.28. The zero-order valence-electron chi connectivity index (χ0n) is 9.29. The minimum absolute atomic E-state index is 0.0139. The molecule has 2 rings (SSSR count). The summed E-state index contributed by atoms with van der Waals surface area (Å²) in [6.45, 7) is 0. The number of aliphatic hydroxyl groups excluding tert-OH is 2. The zero-order chi connectivity index (χ0) is 11.4. The van der Waals surface area contributed by atoms with Gasteiger partial charge in [-0.1, -0.05) is 48.9 Å². The smallest absolute Gasteiger partial charge is 0.0776 e. The van der Waals surface area contributed by atoms with Gasteiger partial charge in [-0.2, -0.15) is 0 Å². The second-order valence-corrected chi connectivity index (χ2v) is 4.42. The normalized spacial score (nSPS) is 27.4. The molecule has 1 aliphatic carbocycles. The summed E-state index contributed by atoms with van der Waals surface area (Å²) >= 11 is 0. The minimum atomic E-state index is -0.530.